The second kappa shape index (κ2) is 5.05. The fourth-order valence-corrected chi connectivity index (χ4v) is 2.25. The summed E-state index contributed by atoms with van der Waals surface area (Å²) in [5.74, 6) is 0.563. The van der Waals surface area contributed by atoms with Crippen molar-refractivity contribution in [3.8, 4) is 0 Å². The van der Waals surface area contributed by atoms with Gasteiger partial charge >= 0.3 is 0 Å². The van der Waals surface area contributed by atoms with Crippen molar-refractivity contribution in [3.05, 3.63) is 47.3 Å². The van der Waals surface area contributed by atoms with Gasteiger partial charge in [0.15, 0.2) is 0 Å². The molecule has 0 spiro atoms. The van der Waals surface area contributed by atoms with Crippen molar-refractivity contribution in [1.29, 1.82) is 0 Å². The number of nitrogens with one attached hydrogen (secondary N) is 2. The molecule has 5 nitrogen and oxygen atoms in total. The van der Waals surface area contributed by atoms with E-state index in [-0.39, 0.29) is 5.82 Å². The molecule has 0 saturated heterocycles. The largest absolute Gasteiger partial charge is 0.341 e. The molecule has 0 saturated carbocycles. The number of hydrogen-bond acceptors (Lipinski definition) is 3. The highest BCUT2D eigenvalue weighted by Gasteiger charge is 2.08. The van der Waals surface area contributed by atoms with Crippen LogP contribution in [-0.4, -0.2) is 32.1 Å². The topological polar surface area (TPSA) is 60.6 Å². The Morgan fingerprint density at radius 2 is 2.10 bits per heavy atom. The van der Waals surface area contributed by atoms with E-state index in [2.05, 4.69) is 25.1 Å². The number of imidazole rings is 1. The Balaban J connectivity index is 1.72. The Labute approximate surface area is 115 Å². The monoisotopic (exact) mass is 273 g/mol. The maximum absolute atomic E-state index is 13.1. The average molecular weight is 273 g/mol. The van der Waals surface area contributed by atoms with Gasteiger partial charge in [0.25, 0.3) is 0 Å². The van der Waals surface area contributed by atoms with Crippen molar-refractivity contribution in [1.82, 2.24) is 25.1 Å². The number of benzene rings is 1. The van der Waals surface area contributed by atoms with Crippen molar-refractivity contribution in [2.75, 3.05) is 7.05 Å². The molecule has 0 radical (unpaired) electrons. The van der Waals surface area contributed by atoms with Crippen LogP contribution in [0.3, 0.4) is 0 Å². The third kappa shape index (κ3) is 2.70. The highest BCUT2D eigenvalue weighted by atomic mass is 19.1. The summed E-state index contributed by atoms with van der Waals surface area (Å²) in [5.41, 5.74) is 3.55. The molecule has 2 heterocycles. The lowest BCUT2D eigenvalue weighted by molar-refractivity contribution is 0.308. The summed E-state index contributed by atoms with van der Waals surface area (Å²) in [7, 11) is 2.00. The second-order valence-corrected chi connectivity index (χ2v) is 5.06. The van der Waals surface area contributed by atoms with Gasteiger partial charge in [-0.2, -0.15) is 5.10 Å². The Hall–Kier alpha value is -2.21. The first-order valence-electron chi connectivity index (χ1n) is 6.44. The second-order valence-electron chi connectivity index (χ2n) is 5.06. The zero-order valence-electron chi connectivity index (χ0n) is 11.4. The van der Waals surface area contributed by atoms with Gasteiger partial charge in [0.05, 0.1) is 23.3 Å². The summed E-state index contributed by atoms with van der Waals surface area (Å²) in [5, 5.41) is 7.13. The van der Waals surface area contributed by atoms with Crippen LogP contribution in [0.1, 0.15) is 17.2 Å². The van der Waals surface area contributed by atoms with Crippen molar-refractivity contribution in [3.63, 3.8) is 0 Å². The van der Waals surface area contributed by atoms with E-state index in [1.54, 1.807) is 6.07 Å². The Bertz CT molecular complexity index is 730. The molecular formula is C14H16FN5. The number of aromatic nitrogens is 4. The lowest BCUT2D eigenvalue weighted by Crippen LogP contribution is -2.18. The minimum atomic E-state index is -0.256. The van der Waals surface area contributed by atoms with Crippen LogP contribution in [-0.2, 0) is 13.1 Å². The third-order valence-electron chi connectivity index (χ3n) is 3.10. The highest BCUT2D eigenvalue weighted by Crippen LogP contribution is 2.14. The van der Waals surface area contributed by atoms with Crippen LogP contribution in [0.15, 0.2) is 24.3 Å². The van der Waals surface area contributed by atoms with E-state index < -0.39 is 0 Å². The molecule has 104 valence electrons. The van der Waals surface area contributed by atoms with E-state index in [0.717, 1.165) is 34.8 Å². The van der Waals surface area contributed by atoms with Gasteiger partial charge in [-0.15, -0.1) is 0 Å². The quantitative estimate of drug-likeness (QED) is 0.767. The molecule has 6 heteroatoms. The van der Waals surface area contributed by atoms with Crippen LogP contribution in [0.25, 0.3) is 11.0 Å². The molecule has 3 rings (SSSR count). The Morgan fingerprint density at radius 1 is 1.25 bits per heavy atom. The predicted octanol–water partition coefficient (Wildman–Crippen LogP) is 2.37. The molecule has 0 aliphatic rings. The smallest absolute Gasteiger partial charge is 0.125 e. The Morgan fingerprint density at radius 3 is 2.85 bits per heavy atom. The first-order valence-corrected chi connectivity index (χ1v) is 6.44. The lowest BCUT2D eigenvalue weighted by Gasteiger charge is -2.12. The van der Waals surface area contributed by atoms with Crippen LogP contribution in [0, 0.1) is 12.7 Å². The first-order chi connectivity index (χ1) is 9.60. The van der Waals surface area contributed by atoms with Crippen LogP contribution in [0.5, 0.6) is 0 Å². The summed E-state index contributed by atoms with van der Waals surface area (Å²) in [6, 6.07) is 6.58. The average Bonchev–Trinajstić information content (AvgIpc) is 2.94. The molecule has 0 aliphatic carbocycles. The van der Waals surface area contributed by atoms with Crippen LogP contribution < -0.4 is 0 Å². The van der Waals surface area contributed by atoms with Gasteiger partial charge in [-0.25, -0.2) is 9.37 Å². The number of aromatic amines is 2. The van der Waals surface area contributed by atoms with E-state index in [0.29, 0.717) is 6.54 Å². The van der Waals surface area contributed by atoms with Crippen molar-refractivity contribution >= 4 is 11.0 Å². The third-order valence-corrected chi connectivity index (χ3v) is 3.10. The van der Waals surface area contributed by atoms with Crippen LogP contribution >= 0.6 is 0 Å². The highest BCUT2D eigenvalue weighted by molar-refractivity contribution is 5.74. The maximum atomic E-state index is 13.1. The maximum Gasteiger partial charge on any atom is 0.125 e. The number of hydrogen-bond donors (Lipinski definition) is 2. The molecule has 0 aliphatic heterocycles. The summed E-state index contributed by atoms with van der Waals surface area (Å²) < 4.78 is 13.1. The van der Waals surface area contributed by atoms with Gasteiger partial charge in [0, 0.05) is 12.2 Å². The van der Waals surface area contributed by atoms with Gasteiger partial charge in [0.1, 0.15) is 11.6 Å². The molecule has 0 fully saturated rings. The van der Waals surface area contributed by atoms with Gasteiger partial charge in [-0.1, -0.05) is 0 Å². The summed E-state index contributed by atoms with van der Waals surface area (Å²) >= 11 is 0. The van der Waals surface area contributed by atoms with E-state index in [4.69, 9.17) is 0 Å². The molecule has 20 heavy (non-hydrogen) atoms. The fourth-order valence-electron chi connectivity index (χ4n) is 2.25. The molecule has 3 aromatic rings. The molecule has 0 unspecified atom stereocenters. The van der Waals surface area contributed by atoms with E-state index in [9.17, 15) is 4.39 Å². The summed E-state index contributed by atoms with van der Waals surface area (Å²) in [6.07, 6.45) is 0. The Kier molecular flexibility index (Phi) is 3.23. The van der Waals surface area contributed by atoms with Crippen LogP contribution in [0.2, 0.25) is 0 Å². The summed E-state index contributed by atoms with van der Waals surface area (Å²) in [4.78, 5) is 9.69. The van der Waals surface area contributed by atoms with Crippen molar-refractivity contribution < 1.29 is 4.39 Å². The fraction of sp³-hybridized carbons (Fsp3) is 0.286. The number of halogens is 1. The molecule has 0 amide bonds. The van der Waals surface area contributed by atoms with Crippen molar-refractivity contribution in [2.24, 2.45) is 0 Å². The SMILES string of the molecule is Cc1cc(CN(C)Cc2nc3ccc(F)cc3[nH]2)n[nH]1. The van der Waals surface area contributed by atoms with Gasteiger partial charge in [-0.3, -0.25) is 10.00 Å². The van der Waals surface area contributed by atoms with Gasteiger partial charge in [0.2, 0.25) is 0 Å². The van der Waals surface area contributed by atoms with E-state index in [1.807, 2.05) is 20.0 Å². The molecule has 0 atom stereocenters. The molecular weight excluding hydrogens is 257 g/mol. The summed E-state index contributed by atoms with van der Waals surface area (Å²) in [6.45, 7) is 3.36. The molecule has 1 aromatic carbocycles. The number of fused-ring (bicyclic) bond motifs is 1. The minimum absolute atomic E-state index is 0.256. The normalized spacial score (nSPS) is 11.6. The molecule has 2 aromatic heterocycles. The van der Waals surface area contributed by atoms with Crippen LogP contribution in [0.4, 0.5) is 4.39 Å². The standard InChI is InChI=1S/C14H16FN5/c1-9-5-11(19-18-9)7-20(2)8-14-16-12-4-3-10(15)6-13(12)17-14/h3-6H,7-8H2,1-2H3,(H,16,17)(H,18,19). The lowest BCUT2D eigenvalue weighted by atomic mass is 10.3. The van der Waals surface area contributed by atoms with E-state index in [1.165, 1.54) is 12.1 Å². The van der Waals surface area contributed by atoms with Crippen molar-refractivity contribution in [2.45, 2.75) is 20.0 Å². The number of rotatable bonds is 4. The predicted molar refractivity (Wildman–Crippen MR) is 74.5 cm³/mol. The number of aryl methyl sites for hydroxylation is 1. The molecule has 0 bridgehead atoms. The molecule has 2 N–H and O–H groups in total. The van der Waals surface area contributed by atoms with Gasteiger partial charge in [-0.05, 0) is 38.2 Å². The van der Waals surface area contributed by atoms with E-state index >= 15 is 0 Å². The zero-order valence-corrected chi connectivity index (χ0v) is 11.4. The minimum Gasteiger partial charge on any atom is -0.341 e. The first kappa shape index (κ1) is 12.8. The number of H-pyrrole nitrogens is 2. The zero-order chi connectivity index (χ0) is 14.1. The number of nitrogens with zero attached hydrogens (tertiary/aromatic N) is 3. The van der Waals surface area contributed by atoms with Gasteiger partial charge < -0.3 is 4.98 Å².